The van der Waals surface area contributed by atoms with Gasteiger partial charge in [0.2, 0.25) is 5.91 Å². The SMILES string of the molecule is CCCC/C=C\CCCCCCCC(=O)OCCCC/C=C\CCCCCCC(=O)NC(CO)C(O)/C=C/CCCCCCCCCCCCCCCCCC. The van der Waals surface area contributed by atoms with Crippen LogP contribution in [0.1, 0.15) is 245 Å². The number of hydrogen-bond acceptors (Lipinski definition) is 5. The number of carbonyl (C=O) groups excluding carboxylic acids is 2. The van der Waals surface area contributed by atoms with Gasteiger partial charge < -0.3 is 20.3 Å². The summed E-state index contributed by atoms with van der Waals surface area (Å²) in [5.74, 6) is -0.155. The van der Waals surface area contributed by atoms with Gasteiger partial charge in [0, 0.05) is 12.8 Å². The maximum atomic E-state index is 12.4. The predicted octanol–water partition coefficient (Wildman–Crippen LogP) is 14.1. The van der Waals surface area contributed by atoms with Crippen molar-refractivity contribution < 1.29 is 24.5 Å². The minimum Gasteiger partial charge on any atom is -0.466 e. The fourth-order valence-electron chi connectivity index (χ4n) is 7.08. The van der Waals surface area contributed by atoms with E-state index < -0.39 is 12.1 Å². The van der Waals surface area contributed by atoms with Gasteiger partial charge in [0.15, 0.2) is 0 Å². The van der Waals surface area contributed by atoms with E-state index in [0.29, 0.717) is 19.4 Å². The Morgan fingerprint density at radius 1 is 0.482 bits per heavy atom. The molecule has 0 aromatic carbocycles. The Kier molecular flexibility index (Phi) is 44.2. The van der Waals surface area contributed by atoms with Gasteiger partial charge in [0.05, 0.1) is 25.4 Å². The Bertz CT molecular complexity index is 915. The summed E-state index contributed by atoms with van der Waals surface area (Å²) in [6.45, 7) is 4.76. The highest BCUT2D eigenvalue weighted by atomic mass is 16.5. The molecule has 6 heteroatoms. The van der Waals surface area contributed by atoms with E-state index in [4.69, 9.17) is 4.74 Å². The molecule has 0 saturated carbocycles. The first kappa shape index (κ1) is 54.1. The summed E-state index contributed by atoms with van der Waals surface area (Å²) >= 11 is 0. The second-order valence-electron chi connectivity index (χ2n) is 16.4. The van der Waals surface area contributed by atoms with Gasteiger partial charge in [0.25, 0.3) is 0 Å². The van der Waals surface area contributed by atoms with Crippen molar-refractivity contribution in [2.75, 3.05) is 13.2 Å². The average Bonchev–Trinajstić information content (AvgIpc) is 3.20. The number of rotatable bonds is 44. The molecule has 2 unspecified atom stereocenters. The Balaban J connectivity index is 3.60. The summed E-state index contributed by atoms with van der Waals surface area (Å²) in [5.41, 5.74) is 0. The topological polar surface area (TPSA) is 95.9 Å². The van der Waals surface area contributed by atoms with E-state index in [0.717, 1.165) is 77.0 Å². The second-order valence-corrected chi connectivity index (χ2v) is 16.4. The molecule has 0 aliphatic rings. The van der Waals surface area contributed by atoms with Crippen LogP contribution in [0.5, 0.6) is 0 Å². The number of nitrogens with one attached hydrogen (secondary N) is 1. The van der Waals surface area contributed by atoms with Crippen LogP contribution in [0.15, 0.2) is 36.5 Å². The zero-order chi connectivity index (χ0) is 40.8. The Morgan fingerprint density at radius 2 is 0.857 bits per heavy atom. The van der Waals surface area contributed by atoms with Crippen LogP contribution in [-0.2, 0) is 14.3 Å². The monoisotopic (exact) mass is 788 g/mol. The molecule has 0 aliphatic carbocycles. The predicted molar refractivity (Wildman–Crippen MR) is 241 cm³/mol. The summed E-state index contributed by atoms with van der Waals surface area (Å²) in [5, 5.41) is 23.0. The van der Waals surface area contributed by atoms with E-state index in [1.165, 1.54) is 141 Å². The molecule has 0 aromatic rings. The van der Waals surface area contributed by atoms with Crippen LogP contribution < -0.4 is 5.32 Å². The minimum atomic E-state index is -0.866. The second kappa shape index (κ2) is 45.8. The van der Waals surface area contributed by atoms with Crippen LogP contribution in [0.3, 0.4) is 0 Å². The molecule has 0 heterocycles. The van der Waals surface area contributed by atoms with Gasteiger partial charge in [-0.15, -0.1) is 0 Å². The summed E-state index contributed by atoms with van der Waals surface area (Å²) in [6.07, 6.45) is 54.3. The van der Waals surface area contributed by atoms with Crippen molar-refractivity contribution in [3.05, 3.63) is 36.5 Å². The zero-order valence-electron chi connectivity index (χ0n) is 37.1. The minimum absolute atomic E-state index is 0.0501. The van der Waals surface area contributed by atoms with Crippen molar-refractivity contribution in [3.8, 4) is 0 Å². The molecule has 0 rings (SSSR count). The molecule has 1 amide bonds. The first-order chi connectivity index (χ1) is 27.5. The van der Waals surface area contributed by atoms with E-state index in [1.807, 2.05) is 6.08 Å². The highest BCUT2D eigenvalue weighted by molar-refractivity contribution is 5.76. The lowest BCUT2D eigenvalue weighted by Crippen LogP contribution is -2.45. The fraction of sp³-hybridized carbons (Fsp3) is 0.840. The van der Waals surface area contributed by atoms with Gasteiger partial charge in [0.1, 0.15) is 0 Å². The van der Waals surface area contributed by atoms with Crippen LogP contribution in [0.4, 0.5) is 0 Å². The molecular formula is C50H93NO5. The van der Waals surface area contributed by atoms with Crippen molar-refractivity contribution in [2.24, 2.45) is 0 Å². The third kappa shape index (κ3) is 41.7. The molecule has 0 saturated heterocycles. The van der Waals surface area contributed by atoms with Gasteiger partial charge in [-0.3, -0.25) is 9.59 Å². The summed E-state index contributed by atoms with van der Waals surface area (Å²) in [6, 6.07) is -0.653. The Hall–Kier alpha value is -1.92. The third-order valence-electron chi connectivity index (χ3n) is 10.9. The van der Waals surface area contributed by atoms with Crippen molar-refractivity contribution in [3.63, 3.8) is 0 Å². The summed E-state index contributed by atoms with van der Waals surface area (Å²) < 4.78 is 5.40. The van der Waals surface area contributed by atoms with Gasteiger partial charge in [-0.25, -0.2) is 0 Å². The summed E-state index contributed by atoms with van der Waals surface area (Å²) in [7, 11) is 0. The van der Waals surface area contributed by atoms with Gasteiger partial charge in [-0.2, -0.15) is 0 Å². The van der Waals surface area contributed by atoms with Gasteiger partial charge in [-0.1, -0.05) is 192 Å². The number of ether oxygens (including phenoxy) is 1. The number of unbranched alkanes of at least 4 members (excludes halogenated alkanes) is 29. The highest BCUT2D eigenvalue weighted by Gasteiger charge is 2.18. The first-order valence-electron chi connectivity index (χ1n) is 24.3. The first-order valence-corrected chi connectivity index (χ1v) is 24.3. The molecule has 0 spiro atoms. The van der Waals surface area contributed by atoms with E-state index in [9.17, 15) is 19.8 Å². The Labute approximate surface area is 347 Å². The average molecular weight is 788 g/mol. The number of aliphatic hydroxyl groups is 2. The van der Waals surface area contributed by atoms with Crippen molar-refractivity contribution in [2.45, 2.75) is 257 Å². The number of hydrogen-bond donors (Lipinski definition) is 3. The molecule has 6 nitrogen and oxygen atoms in total. The van der Waals surface area contributed by atoms with Crippen LogP contribution in [0.25, 0.3) is 0 Å². The standard InChI is InChI=1S/C50H93NO5/c1-3-5-7-9-11-13-15-16-17-18-19-20-21-23-26-30-34-38-42-48(53)47(46-52)51-49(54)43-39-35-31-27-24-25-29-33-37-41-45-56-50(55)44-40-36-32-28-22-14-12-10-8-6-4-2/h10,12,25,29,38,42,47-48,52-53H,3-9,11,13-24,26-28,30-37,39-41,43-46H2,1-2H3,(H,51,54)/b12-10-,29-25-,42-38+. The molecule has 0 fully saturated rings. The van der Waals surface area contributed by atoms with Crippen molar-refractivity contribution in [1.82, 2.24) is 5.32 Å². The number of carbonyl (C=O) groups is 2. The van der Waals surface area contributed by atoms with Gasteiger partial charge in [-0.05, 0) is 77.0 Å². The van der Waals surface area contributed by atoms with Crippen LogP contribution in [0.2, 0.25) is 0 Å². The van der Waals surface area contributed by atoms with E-state index in [-0.39, 0.29) is 18.5 Å². The van der Waals surface area contributed by atoms with E-state index in [2.05, 4.69) is 43.5 Å². The molecule has 0 radical (unpaired) electrons. The lowest BCUT2D eigenvalue weighted by atomic mass is 10.0. The lowest BCUT2D eigenvalue weighted by Gasteiger charge is -2.20. The molecule has 328 valence electrons. The van der Waals surface area contributed by atoms with Crippen LogP contribution in [-0.4, -0.2) is 47.4 Å². The van der Waals surface area contributed by atoms with E-state index in [1.54, 1.807) is 6.08 Å². The highest BCUT2D eigenvalue weighted by Crippen LogP contribution is 2.15. The molecule has 2 atom stereocenters. The molecule has 0 aliphatic heterocycles. The normalized spacial score (nSPS) is 13.0. The maximum absolute atomic E-state index is 12.4. The fourth-order valence-corrected chi connectivity index (χ4v) is 7.08. The number of amides is 1. The van der Waals surface area contributed by atoms with Gasteiger partial charge >= 0.3 is 5.97 Å². The Morgan fingerprint density at radius 3 is 1.32 bits per heavy atom. The van der Waals surface area contributed by atoms with E-state index >= 15 is 0 Å². The smallest absolute Gasteiger partial charge is 0.305 e. The quantitative estimate of drug-likeness (QED) is 0.0325. The molecule has 0 aromatic heterocycles. The third-order valence-corrected chi connectivity index (χ3v) is 10.9. The maximum Gasteiger partial charge on any atom is 0.305 e. The number of esters is 1. The summed E-state index contributed by atoms with van der Waals surface area (Å²) in [4.78, 5) is 24.4. The molecule has 56 heavy (non-hydrogen) atoms. The van der Waals surface area contributed by atoms with Crippen LogP contribution in [0, 0.1) is 0 Å². The number of allylic oxidation sites excluding steroid dienone is 5. The van der Waals surface area contributed by atoms with Crippen molar-refractivity contribution >= 4 is 11.9 Å². The van der Waals surface area contributed by atoms with Crippen molar-refractivity contribution in [1.29, 1.82) is 0 Å². The largest absolute Gasteiger partial charge is 0.466 e. The molecular weight excluding hydrogens is 695 g/mol. The lowest BCUT2D eigenvalue weighted by molar-refractivity contribution is -0.143. The van der Waals surface area contributed by atoms with Crippen LogP contribution >= 0.6 is 0 Å². The number of aliphatic hydroxyl groups excluding tert-OH is 2. The zero-order valence-corrected chi connectivity index (χ0v) is 37.1. The molecule has 3 N–H and O–H groups in total. The molecule has 0 bridgehead atoms.